The first kappa shape index (κ1) is 19.4. The number of hydrogen-bond donors (Lipinski definition) is 4. The van der Waals surface area contributed by atoms with Gasteiger partial charge in [-0.25, -0.2) is 4.79 Å². The number of aliphatic carboxylic acids is 1. The highest BCUT2D eigenvalue weighted by Gasteiger charge is 2.17. The average Bonchev–Trinajstić information content (AvgIpc) is 2.50. The van der Waals surface area contributed by atoms with Gasteiger partial charge in [0.2, 0.25) is 5.91 Å². The molecule has 0 unspecified atom stereocenters. The molecule has 9 nitrogen and oxygen atoms in total. The summed E-state index contributed by atoms with van der Waals surface area (Å²) in [7, 11) is 0. The van der Waals surface area contributed by atoms with Gasteiger partial charge in [0.15, 0.2) is 0 Å². The van der Waals surface area contributed by atoms with E-state index >= 15 is 0 Å². The van der Waals surface area contributed by atoms with Gasteiger partial charge in [-0.05, 0) is 44.9 Å². The number of carbonyl (C=O) groups is 2. The van der Waals surface area contributed by atoms with Gasteiger partial charge >= 0.3 is 11.6 Å². The van der Waals surface area contributed by atoms with E-state index in [0.29, 0.717) is 22.2 Å². The standard InChI is InChI=1S/C17H22N4O5/c1-8(2)19-17-21-12-7-10(6-9(3)14(12)16(25)26-17)20-15(24)11(18)4-5-13(22)23/h6-8,11H,4-5,18H2,1-3H3,(H,19,21)(H,20,24)(H,22,23)/t11-/m0/s1. The summed E-state index contributed by atoms with van der Waals surface area (Å²) in [5.41, 5.74) is 6.56. The van der Waals surface area contributed by atoms with E-state index in [4.69, 9.17) is 15.3 Å². The molecule has 2 aromatic rings. The molecule has 0 spiro atoms. The average molecular weight is 362 g/mol. The number of nitrogens with one attached hydrogen (secondary N) is 2. The number of nitrogens with zero attached hydrogens (tertiary/aromatic N) is 1. The number of fused-ring (bicyclic) bond motifs is 1. The maximum atomic E-state index is 12.2. The van der Waals surface area contributed by atoms with E-state index in [0.717, 1.165) is 0 Å². The second kappa shape index (κ2) is 7.96. The Bertz CT molecular complexity index is 891. The van der Waals surface area contributed by atoms with Crippen LogP contribution in [0.3, 0.4) is 0 Å². The number of rotatable bonds is 7. The van der Waals surface area contributed by atoms with E-state index in [1.165, 1.54) is 0 Å². The van der Waals surface area contributed by atoms with Crippen molar-refractivity contribution in [3.63, 3.8) is 0 Å². The first-order valence-electron chi connectivity index (χ1n) is 8.17. The Balaban J connectivity index is 2.30. The van der Waals surface area contributed by atoms with Crippen molar-refractivity contribution in [3.05, 3.63) is 28.1 Å². The predicted molar refractivity (Wildman–Crippen MR) is 97.2 cm³/mol. The number of carboxylic acid groups (broad SMARTS) is 1. The molecule has 0 bridgehead atoms. The van der Waals surface area contributed by atoms with E-state index in [-0.39, 0.29) is 24.9 Å². The minimum absolute atomic E-state index is 0.0258. The third-order valence-corrected chi connectivity index (χ3v) is 3.62. The molecule has 140 valence electrons. The Kier molecular flexibility index (Phi) is 5.93. The smallest absolute Gasteiger partial charge is 0.348 e. The van der Waals surface area contributed by atoms with E-state index in [1.807, 2.05) is 13.8 Å². The molecule has 0 aliphatic rings. The maximum absolute atomic E-state index is 12.2. The van der Waals surface area contributed by atoms with Crippen LogP contribution in [0.4, 0.5) is 11.7 Å². The molecule has 1 heterocycles. The second-order valence-corrected chi connectivity index (χ2v) is 6.32. The number of anilines is 2. The zero-order valence-electron chi connectivity index (χ0n) is 14.8. The van der Waals surface area contributed by atoms with Gasteiger partial charge in [0.25, 0.3) is 6.01 Å². The van der Waals surface area contributed by atoms with Gasteiger partial charge in [-0.1, -0.05) is 0 Å². The first-order valence-corrected chi connectivity index (χ1v) is 8.17. The Morgan fingerprint density at radius 3 is 2.65 bits per heavy atom. The molecule has 2 rings (SSSR count). The van der Waals surface area contributed by atoms with Crippen LogP contribution >= 0.6 is 0 Å². The number of carbonyl (C=O) groups excluding carboxylic acids is 1. The fourth-order valence-corrected chi connectivity index (χ4v) is 2.42. The van der Waals surface area contributed by atoms with Crippen molar-refractivity contribution in [1.82, 2.24) is 4.98 Å². The summed E-state index contributed by atoms with van der Waals surface area (Å²) in [5.74, 6) is -1.52. The van der Waals surface area contributed by atoms with E-state index in [2.05, 4.69) is 15.6 Å². The first-order chi connectivity index (χ1) is 12.2. The number of nitrogens with two attached hydrogens (primary N) is 1. The van der Waals surface area contributed by atoms with Crippen LogP contribution in [0, 0.1) is 6.92 Å². The summed E-state index contributed by atoms with van der Waals surface area (Å²) in [5, 5.41) is 14.5. The molecule has 9 heteroatoms. The molecule has 26 heavy (non-hydrogen) atoms. The van der Waals surface area contributed by atoms with E-state index in [9.17, 15) is 14.4 Å². The molecular formula is C17H22N4O5. The van der Waals surface area contributed by atoms with Crippen LogP contribution in [0.25, 0.3) is 10.9 Å². The van der Waals surface area contributed by atoms with Gasteiger partial charge in [-0.3, -0.25) is 9.59 Å². The van der Waals surface area contributed by atoms with Crippen molar-refractivity contribution < 1.29 is 19.1 Å². The van der Waals surface area contributed by atoms with Crippen LogP contribution in [0.15, 0.2) is 21.3 Å². The normalized spacial score (nSPS) is 12.2. The molecule has 0 saturated heterocycles. The lowest BCUT2D eigenvalue weighted by Crippen LogP contribution is -2.36. The van der Waals surface area contributed by atoms with Crippen molar-refractivity contribution in [1.29, 1.82) is 0 Å². The number of benzene rings is 1. The van der Waals surface area contributed by atoms with Crippen molar-refractivity contribution in [2.24, 2.45) is 5.73 Å². The van der Waals surface area contributed by atoms with Crippen LogP contribution < -0.4 is 22.0 Å². The van der Waals surface area contributed by atoms with Gasteiger partial charge < -0.3 is 25.9 Å². The number of carboxylic acids is 1. The quantitative estimate of drug-likeness (QED) is 0.578. The highest BCUT2D eigenvalue weighted by atomic mass is 16.4. The van der Waals surface area contributed by atoms with E-state index in [1.54, 1.807) is 19.1 Å². The topological polar surface area (TPSA) is 148 Å². The summed E-state index contributed by atoms with van der Waals surface area (Å²) in [6, 6.07) is 2.33. The third-order valence-electron chi connectivity index (χ3n) is 3.62. The van der Waals surface area contributed by atoms with Gasteiger partial charge in [-0.15, -0.1) is 0 Å². The van der Waals surface area contributed by atoms with Crippen LogP contribution in [0.2, 0.25) is 0 Å². The highest BCUT2D eigenvalue weighted by Crippen LogP contribution is 2.21. The molecule has 1 aromatic carbocycles. The monoisotopic (exact) mass is 362 g/mol. The Morgan fingerprint density at radius 1 is 1.35 bits per heavy atom. The number of aryl methyl sites for hydroxylation is 1. The fourth-order valence-electron chi connectivity index (χ4n) is 2.42. The third kappa shape index (κ3) is 4.79. The summed E-state index contributed by atoms with van der Waals surface area (Å²) in [6.07, 6.45) is -0.170. The lowest BCUT2D eigenvalue weighted by Gasteiger charge is -2.13. The van der Waals surface area contributed by atoms with Crippen LogP contribution in [0.5, 0.6) is 0 Å². The van der Waals surface area contributed by atoms with Crippen molar-refractivity contribution in [2.45, 2.75) is 45.7 Å². The minimum Gasteiger partial charge on any atom is -0.481 e. The van der Waals surface area contributed by atoms with Crippen molar-refractivity contribution in [2.75, 3.05) is 10.6 Å². The summed E-state index contributed by atoms with van der Waals surface area (Å²) >= 11 is 0. The van der Waals surface area contributed by atoms with Gasteiger partial charge in [0.1, 0.15) is 0 Å². The molecule has 1 aromatic heterocycles. The van der Waals surface area contributed by atoms with Crippen molar-refractivity contribution >= 4 is 34.5 Å². The minimum atomic E-state index is -1.02. The molecule has 0 aliphatic carbocycles. The Morgan fingerprint density at radius 2 is 2.04 bits per heavy atom. The van der Waals surface area contributed by atoms with E-state index < -0.39 is 23.5 Å². The van der Waals surface area contributed by atoms with Crippen LogP contribution in [0.1, 0.15) is 32.3 Å². The van der Waals surface area contributed by atoms with Crippen LogP contribution in [-0.4, -0.2) is 34.1 Å². The molecule has 1 atom stereocenters. The summed E-state index contributed by atoms with van der Waals surface area (Å²) < 4.78 is 5.16. The van der Waals surface area contributed by atoms with Gasteiger partial charge in [0.05, 0.1) is 16.9 Å². The number of hydrogen-bond acceptors (Lipinski definition) is 7. The van der Waals surface area contributed by atoms with Crippen molar-refractivity contribution in [3.8, 4) is 0 Å². The highest BCUT2D eigenvalue weighted by molar-refractivity contribution is 5.97. The lowest BCUT2D eigenvalue weighted by molar-refractivity contribution is -0.137. The summed E-state index contributed by atoms with van der Waals surface area (Å²) in [6.45, 7) is 5.47. The fraction of sp³-hybridized carbons (Fsp3) is 0.412. The lowest BCUT2D eigenvalue weighted by atomic mass is 10.1. The Hall–Kier alpha value is -2.94. The molecule has 1 amide bonds. The zero-order chi connectivity index (χ0) is 19.4. The molecule has 5 N–H and O–H groups in total. The zero-order valence-corrected chi connectivity index (χ0v) is 14.8. The maximum Gasteiger partial charge on any atom is 0.348 e. The largest absolute Gasteiger partial charge is 0.481 e. The molecular weight excluding hydrogens is 340 g/mol. The second-order valence-electron chi connectivity index (χ2n) is 6.32. The van der Waals surface area contributed by atoms with Gasteiger partial charge in [0, 0.05) is 18.2 Å². The molecule has 0 fully saturated rings. The number of aromatic nitrogens is 1. The predicted octanol–water partition coefficient (Wildman–Crippen LogP) is 1.45. The number of amides is 1. The summed E-state index contributed by atoms with van der Waals surface area (Å²) in [4.78, 5) is 39.1. The molecule has 0 saturated carbocycles. The SMILES string of the molecule is Cc1cc(NC(=O)[C@@H](N)CCC(=O)O)cc2nc(NC(C)C)oc(=O)c12. The molecule has 0 radical (unpaired) electrons. The molecule has 0 aliphatic heterocycles. The van der Waals surface area contributed by atoms with Gasteiger partial charge in [-0.2, -0.15) is 4.98 Å². The Labute approximate surface area is 149 Å². The van der Waals surface area contributed by atoms with Crippen LogP contribution in [-0.2, 0) is 9.59 Å².